The Hall–Kier alpha value is -1.75. The fourth-order valence-electron chi connectivity index (χ4n) is 3.05. The van der Waals surface area contributed by atoms with Crippen LogP contribution < -0.4 is 10.2 Å². The Morgan fingerprint density at radius 2 is 1.86 bits per heavy atom. The van der Waals surface area contributed by atoms with E-state index >= 15 is 0 Å². The van der Waals surface area contributed by atoms with E-state index in [2.05, 4.69) is 22.3 Å². The predicted octanol–water partition coefficient (Wildman–Crippen LogP) is 2.67. The van der Waals surface area contributed by atoms with Gasteiger partial charge in [-0.1, -0.05) is 0 Å². The van der Waals surface area contributed by atoms with Gasteiger partial charge in [-0.15, -0.1) is 0 Å². The zero-order valence-electron chi connectivity index (χ0n) is 13.0. The van der Waals surface area contributed by atoms with Crippen molar-refractivity contribution >= 4 is 17.4 Å². The zero-order chi connectivity index (χ0) is 15.4. The van der Waals surface area contributed by atoms with Gasteiger partial charge in [0.1, 0.15) is 0 Å². The van der Waals surface area contributed by atoms with Crippen LogP contribution in [0.1, 0.15) is 32.1 Å². The van der Waals surface area contributed by atoms with Crippen molar-refractivity contribution in [1.82, 2.24) is 4.90 Å². The van der Waals surface area contributed by atoms with Gasteiger partial charge in [-0.05, 0) is 56.4 Å². The van der Waals surface area contributed by atoms with E-state index in [0.717, 1.165) is 31.6 Å². The maximum atomic E-state index is 12.3. The van der Waals surface area contributed by atoms with E-state index < -0.39 is 0 Å². The lowest BCUT2D eigenvalue weighted by Gasteiger charge is -2.29. The first-order valence-corrected chi connectivity index (χ1v) is 8.31. The molecule has 1 aliphatic heterocycles. The number of aliphatic hydroxyl groups excluding tert-OH is 1. The molecule has 0 atom stereocenters. The third-order valence-electron chi connectivity index (χ3n) is 4.43. The molecule has 2 N–H and O–H groups in total. The summed E-state index contributed by atoms with van der Waals surface area (Å²) >= 11 is 0. The van der Waals surface area contributed by atoms with Crippen molar-refractivity contribution in [2.75, 3.05) is 36.5 Å². The average Bonchev–Trinajstić information content (AvgIpc) is 3.39. The molecule has 1 aromatic carbocycles. The summed E-state index contributed by atoms with van der Waals surface area (Å²) < 4.78 is 0. The molecule has 22 heavy (non-hydrogen) atoms. The van der Waals surface area contributed by atoms with E-state index in [9.17, 15) is 4.79 Å². The Morgan fingerprint density at radius 3 is 2.45 bits per heavy atom. The lowest BCUT2D eigenvalue weighted by molar-refractivity contribution is 0.185. The summed E-state index contributed by atoms with van der Waals surface area (Å²) in [5.41, 5.74) is 2.04. The molecule has 0 bridgehead atoms. The smallest absolute Gasteiger partial charge is 0.322 e. The molecule has 0 unspecified atom stereocenters. The summed E-state index contributed by atoms with van der Waals surface area (Å²) in [7, 11) is 0. The Bertz CT molecular complexity index is 493. The minimum atomic E-state index is -0.109. The maximum Gasteiger partial charge on any atom is 0.322 e. The van der Waals surface area contributed by atoms with Crippen molar-refractivity contribution < 1.29 is 9.90 Å². The number of amides is 2. The van der Waals surface area contributed by atoms with Crippen molar-refractivity contribution in [3.05, 3.63) is 24.3 Å². The van der Waals surface area contributed by atoms with Gasteiger partial charge >= 0.3 is 6.03 Å². The van der Waals surface area contributed by atoms with Crippen LogP contribution in [0.4, 0.5) is 16.2 Å². The number of hydrogen-bond acceptors (Lipinski definition) is 3. The summed E-state index contributed by atoms with van der Waals surface area (Å²) in [5, 5.41) is 12.0. The van der Waals surface area contributed by atoms with Crippen LogP contribution in [0.3, 0.4) is 0 Å². The number of nitrogens with one attached hydrogen (secondary N) is 1. The van der Waals surface area contributed by atoms with Gasteiger partial charge < -0.3 is 20.2 Å². The second-order valence-electron chi connectivity index (χ2n) is 6.17. The second-order valence-corrected chi connectivity index (χ2v) is 6.17. The number of benzene rings is 1. The number of piperidine rings is 1. The van der Waals surface area contributed by atoms with Gasteiger partial charge in [0.15, 0.2) is 0 Å². The molecule has 2 fully saturated rings. The summed E-state index contributed by atoms with van der Waals surface area (Å²) in [6.45, 7) is 2.66. The van der Waals surface area contributed by atoms with E-state index in [1.807, 2.05) is 12.1 Å². The van der Waals surface area contributed by atoms with Crippen molar-refractivity contribution in [2.24, 2.45) is 0 Å². The third-order valence-corrected chi connectivity index (χ3v) is 4.43. The Morgan fingerprint density at radius 1 is 1.18 bits per heavy atom. The van der Waals surface area contributed by atoms with Gasteiger partial charge in [-0.2, -0.15) is 0 Å². The number of hydrogen-bond donors (Lipinski definition) is 2. The van der Waals surface area contributed by atoms with Gasteiger partial charge in [0.25, 0.3) is 0 Å². The monoisotopic (exact) mass is 303 g/mol. The van der Waals surface area contributed by atoms with Crippen LogP contribution >= 0.6 is 0 Å². The number of urea groups is 1. The second kappa shape index (κ2) is 7.01. The topological polar surface area (TPSA) is 55.8 Å². The molecule has 2 aliphatic rings. The molecule has 1 saturated carbocycles. The van der Waals surface area contributed by atoms with E-state index in [4.69, 9.17) is 5.11 Å². The minimum Gasteiger partial charge on any atom is -0.395 e. The minimum absolute atomic E-state index is 0.0117. The van der Waals surface area contributed by atoms with Crippen LogP contribution in [0.25, 0.3) is 0 Å². The number of carbonyl (C=O) groups excluding carboxylic acids is 1. The summed E-state index contributed by atoms with van der Waals surface area (Å²) in [5.74, 6) is 0. The lowest BCUT2D eigenvalue weighted by Crippen LogP contribution is -2.38. The molecular formula is C17H25N3O2. The largest absolute Gasteiger partial charge is 0.395 e. The molecule has 1 aromatic rings. The van der Waals surface area contributed by atoms with E-state index in [1.54, 1.807) is 4.90 Å². The molecule has 1 saturated heterocycles. The summed E-state index contributed by atoms with van der Waals surface area (Å²) in [4.78, 5) is 16.4. The van der Waals surface area contributed by atoms with Gasteiger partial charge in [-0.3, -0.25) is 0 Å². The SMILES string of the molecule is O=C(Nc1ccc(N2CCCCC2)cc1)N(CCO)C1CC1. The number of rotatable bonds is 5. The van der Waals surface area contributed by atoms with E-state index in [0.29, 0.717) is 12.6 Å². The molecule has 5 nitrogen and oxygen atoms in total. The molecule has 0 spiro atoms. The Kier molecular flexibility index (Phi) is 4.83. The summed E-state index contributed by atoms with van der Waals surface area (Å²) in [6, 6.07) is 8.28. The maximum absolute atomic E-state index is 12.3. The van der Waals surface area contributed by atoms with Crippen molar-refractivity contribution in [3.63, 3.8) is 0 Å². The Labute approximate surface area is 131 Å². The highest BCUT2D eigenvalue weighted by atomic mass is 16.3. The quantitative estimate of drug-likeness (QED) is 0.879. The van der Waals surface area contributed by atoms with Crippen LogP contribution in [-0.4, -0.2) is 48.3 Å². The highest BCUT2D eigenvalue weighted by Gasteiger charge is 2.32. The number of anilines is 2. The fourth-order valence-corrected chi connectivity index (χ4v) is 3.05. The van der Waals surface area contributed by atoms with Crippen molar-refractivity contribution in [1.29, 1.82) is 0 Å². The fraction of sp³-hybridized carbons (Fsp3) is 0.588. The van der Waals surface area contributed by atoms with Gasteiger partial charge in [0.2, 0.25) is 0 Å². The first-order valence-electron chi connectivity index (χ1n) is 8.31. The lowest BCUT2D eigenvalue weighted by atomic mass is 10.1. The molecular weight excluding hydrogens is 278 g/mol. The molecule has 2 amide bonds. The number of carbonyl (C=O) groups is 1. The molecule has 120 valence electrons. The normalized spacial score (nSPS) is 18.1. The predicted molar refractivity (Wildman–Crippen MR) is 88.3 cm³/mol. The van der Waals surface area contributed by atoms with Crippen LogP contribution in [-0.2, 0) is 0 Å². The van der Waals surface area contributed by atoms with Crippen LogP contribution in [0.5, 0.6) is 0 Å². The molecule has 1 heterocycles. The highest BCUT2D eigenvalue weighted by Crippen LogP contribution is 2.27. The van der Waals surface area contributed by atoms with Crippen molar-refractivity contribution in [3.8, 4) is 0 Å². The first-order chi connectivity index (χ1) is 10.8. The number of aliphatic hydroxyl groups is 1. The average molecular weight is 303 g/mol. The molecule has 5 heteroatoms. The zero-order valence-corrected chi connectivity index (χ0v) is 13.0. The van der Waals surface area contributed by atoms with E-state index in [1.165, 1.54) is 24.9 Å². The van der Waals surface area contributed by atoms with Gasteiger partial charge in [0.05, 0.1) is 6.61 Å². The van der Waals surface area contributed by atoms with Crippen LogP contribution in [0.15, 0.2) is 24.3 Å². The van der Waals surface area contributed by atoms with E-state index in [-0.39, 0.29) is 12.6 Å². The van der Waals surface area contributed by atoms with Crippen LogP contribution in [0.2, 0.25) is 0 Å². The number of nitrogens with zero attached hydrogens (tertiary/aromatic N) is 2. The molecule has 3 rings (SSSR count). The highest BCUT2D eigenvalue weighted by molar-refractivity contribution is 5.90. The third kappa shape index (κ3) is 3.71. The first kappa shape index (κ1) is 15.2. The molecule has 0 aromatic heterocycles. The van der Waals surface area contributed by atoms with Crippen LogP contribution in [0, 0.1) is 0 Å². The summed E-state index contributed by atoms with van der Waals surface area (Å²) in [6.07, 6.45) is 5.93. The van der Waals surface area contributed by atoms with Crippen molar-refractivity contribution in [2.45, 2.75) is 38.1 Å². The van der Waals surface area contributed by atoms with Gasteiger partial charge in [-0.25, -0.2) is 4.79 Å². The Balaban J connectivity index is 1.59. The van der Waals surface area contributed by atoms with Gasteiger partial charge in [0, 0.05) is 37.1 Å². The standard InChI is InChI=1S/C17H25N3O2/c21-13-12-20(16-8-9-16)17(22)18-14-4-6-15(7-5-14)19-10-2-1-3-11-19/h4-7,16,21H,1-3,8-13H2,(H,18,22). The molecule has 0 radical (unpaired) electrons. The molecule has 1 aliphatic carbocycles.